The standard InChI is InChI=1S/C13H15NO3/c1-9(4-5-14)13(15)10-2-3-11-12(8-10)17-7-6-16-11/h2-3,8-9,13,15H,4,6-7H2,1H3. The summed E-state index contributed by atoms with van der Waals surface area (Å²) in [5.41, 5.74) is 0.761. The molecule has 0 amide bonds. The molecule has 0 radical (unpaired) electrons. The molecule has 4 nitrogen and oxygen atoms in total. The average molecular weight is 233 g/mol. The molecule has 2 atom stereocenters. The lowest BCUT2D eigenvalue weighted by atomic mass is 9.95. The van der Waals surface area contributed by atoms with E-state index in [1.807, 2.05) is 13.0 Å². The lowest BCUT2D eigenvalue weighted by Gasteiger charge is -2.21. The topological polar surface area (TPSA) is 62.5 Å². The van der Waals surface area contributed by atoms with Crippen LogP contribution in [0.3, 0.4) is 0 Å². The van der Waals surface area contributed by atoms with Gasteiger partial charge in [0.15, 0.2) is 11.5 Å². The summed E-state index contributed by atoms with van der Waals surface area (Å²) in [4.78, 5) is 0. The number of nitrogens with zero attached hydrogens (tertiary/aromatic N) is 1. The number of fused-ring (bicyclic) bond motifs is 1. The van der Waals surface area contributed by atoms with Gasteiger partial charge in [-0.05, 0) is 23.6 Å². The number of hydrogen-bond acceptors (Lipinski definition) is 4. The van der Waals surface area contributed by atoms with Crippen molar-refractivity contribution in [3.63, 3.8) is 0 Å². The maximum Gasteiger partial charge on any atom is 0.161 e. The Labute approximate surface area is 100 Å². The number of hydrogen-bond donors (Lipinski definition) is 1. The first-order chi connectivity index (χ1) is 8.22. The fourth-order valence-electron chi connectivity index (χ4n) is 1.83. The SMILES string of the molecule is CC(CC#N)C(O)c1ccc2c(c1)OCCO2. The number of benzene rings is 1. The fraction of sp³-hybridized carbons (Fsp3) is 0.462. The van der Waals surface area contributed by atoms with E-state index in [-0.39, 0.29) is 5.92 Å². The molecule has 0 aliphatic carbocycles. The zero-order valence-corrected chi connectivity index (χ0v) is 9.72. The van der Waals surface area contributed by atoms with Gasteiger partial charge in [0.1, 0.15) is 13.2 Å². The number of rotatable bonds is 3. The molecular weight excluding hydrogens is 218 g/mol. The van der Waals surface area contributed by atoms with Gasteiger partial charge in [0, 0.05) is 6.42 Å². The van der Waals surface area contributed by atoms with Crippen molar-refractivity contribution in [2.45, 2.75) is 19.4 Å². The van der Waals surface area contributed by atoms with Crippen molar-refractivity contribution in [3.05, 3.63) is 23.8 Å². The molecule has 0 saturated heterocycles. The van der Waals surface area contributed by atoms with E-state index in [4.69, 9.17) is 14.7 Å². The predicted octanol–water partition coefficient (Wildman–Crippen LogP) is 2.04. The summed E-state index contributed by atoms with van der Waals surface area (Å²) in [5.74, 6) is 1.28. The quantitative estimate of drug-likeness (QED) is 0.867. The minimum atomic E-state index is -0.648. The molecule has 1 aliphatic heterocycles. The Kier molecular flexibility index (Phi) is 3.50. The first-order valence-electron chi connectivity index (χ1n) is 5.67. The lowest BCUT2D eigenvalue weighted by Crippen LogP contribution is -2.16. The monoisotopic (exact) mass is 233 g/mol. The van der Waals surface area contributed by atoms with E-state index in [0.29, 0.717) is 31.1 Å². The highest BCUT2D eigenvalue weighted by Gasteiger charge is 2.19. The number of ether oxygens (including phenoxy) is 2. The molecule has 1 heterocycles. The molecule has 17 heavy (non-hydrogen) atoms. The Balaban J connectivity index is 2.19. The Hall–Kier alpha value is -1.73. The van der Waals surface area contributed by atoms with Gasteiger partial charge in [-0.1, -0.05) is 13.0 Å². The van der Waals surface area contributed by atoms with Crippen LogP contribution in [-0.4, -0.2) is 18.3 Å². The van der Waals surface area contributed by atoms with Gasteiger partial charge in [0.25, 0.3) is 0 Å². The molecule has 1 aromatic carbocycles. The highest BCUT2D eigenvalue weighted by Crippen LogP contribution is 2.34. The van der Waals surface area contributed by atoms with Crippen LogP contribution in [0.25, 0.3) is 0 Å². The van der Waals surface area contributed by atoms with Crippen LogP contribution in [-0.2, 0) is 0 Å². The summed E-state index contributed by atoms with van der Waals surface area (Å²) < 4.78 is 10.9. The lowest BCUT2D eigenvalue weighted by molar-refractivity contribution is 0.118. The largest absolute Gasteiger partial charge is 0.486 e. The molecule has 2 rings (SSSR count). The highest BCUT2D eigenvalue weighted by atomic mass is 16.6. The molecule has 4 heteroatoms. The van der Waals surface area contributed by atoms with Crippen LogP contribution in [0.5, 0.6) is 11.5 Å². The third kappa shape index (κ3) is 2.51. The van der Waals surface area contributed by atoms with Gasteiger partial charge in [-0.2, -0.15) is 5.26 Å². The van der Waals surface area contributed by atoms with Crippen molar-refractivity contribution in [2.75, 3.05) is 13.2 Å². The second-order valence-electron chi connectivity index (χ2n) is 4.19. The zero-order chi connectivity index (χ0) is 12.3. The van der Waals surface area contributed by atoms with Crippen molar-refractivity contribution in [1.82, 2.24) is 0 Å². The zero-order valence-electron chi connectivity index (χ0n) is 9.72. The van der Waals surface area contributed by atoms with Crippen molar-refractivity contribution in [3.8, 4) is 17.6 Å². The van der Waals surface area contributed by atoms with Gasteiger partial charge >= 0.3 is 0 Å². The van der Waals surface area contributed by atoms with Crippen LogP contribution >= 0.6 is 0 Å². The third-order valence-corrected chi connectivity index (χ3v) is 2.86. The maximum atomic E-state index is 10.1. The van der Waals surface area contributed by atoms with Crippen LogP contribution in [0, 0.1) is 17.2 Å². The van der Waals surface area contributed by atoms with E-state index < -0.39 is 6.10 Å². The molecular formula is C13H15NO3. The van der Waals surface area contributed by atoms with E-state index in [2.05, 4.69) is 6.07 Å². The molecule has 1 aromatic rings. The van der Waals surface area contributed by atoms with Gasteiger partial charge < -0.3 is 14.6 Å². The highest BCUT2D eigenvalue weighted by molar-refractivity contribution is 5.44. The smallest absolute Gasteiger partial charge is 0.161 e. The molecule has 1 aliphatic rings. The molecule has 0 saturated carbocycles. The normalized spacial score (nSPS) is 17.0. The molecule has 2 unspecified atom stereocenters. The molecule has 0 spiro atoms. The molecule has 0 fully saturated rings. The van der Waals surface area contributed by atoms with Crippen LogP contribution in [0.2, 0.25) is 0 Å². The summed E-state index contributed by atoms with van der Waals surface area (Å²) in [6, 6.07) is 7.46. The first-order valence-corrected chi connectivity index (χ1v) is 5.67. The average Bonchev–Trinajstić information content (AvgIpc) is 2.37. The van der Waals surface area contributed by atoms with E-state index in [1.54, 1.807) is 12.1 Å². The van der Waals surface area contributed by atoms with Crippen molar-refractivity contribution in [1.29, 1.82) is 5.26 Å². The van der Waals surface area contributed by atoms with Crippen molar-refractivity contribution < 1.29 is 14.6 Å². The summed E-state index contributed by atoms with van der Waals surface area (Å²) in [5, 5.41) is 18.7. The van der Waals surface area contributed by atoms with Crippen LogP contribution in [0.15, 0.2) is 18.2 Å². The van der Waals surface area contributed by atoms with E-state index >= 15 is 0 Å². The van der Waals surface area contributed by atoms with Gasteiger partial charge in [-0.3, -0.25) is 0 Å². The summed E-state index contributed by atoms with van der Waals surface area (Å²) in [6.07, 6.45) is -0.319. The van der Waals surface area contributed by atoms with Crippen LogP contribution in [0.1, 0.15) is 25.0 Å². The third-order valence-electron chi connectivity index (χ3n) is 2.86. The fourth-order valence-corrected chi connectivity index (χ4v) is 1.83. The Bertz CT molecular complexity index is 439. The first kappa shape index (κ1) is 11.7. The van der Waals surface area contributed by atoms with E-state index in [1.165, 1.54) is 0 Å². The minimum absolute atomic E-state index is 0.0949. The van der Waals surface area contributed by atoms with Gasteiger partial charge in [-0.25, -0.2) is 0 Å². The summed E-state index contributed by atoms with van der Waals surface area (Å²) in [6.45, 7) is 2.94. The summed E-state index contributed by atoms with van der Waals surface area (Å²) in [7, 11) is 0. The molecule has 1 N–H and O–H groups in total. The number of aliphatic hydroxyl groups is 1. The predicted molar refractivity (Wildman–Crippen MR) is 61.8 cm³/mol. The Morgan fingerprint density at radius 2 is 2.06 bits per heavy atom. The maximum absolute atomic E-state index is 10.1. The van der Waals surface area contributed by atoms with Gasteiger partial charge in [-0.15, -0.1) is 0 Å². The molecule has 0 bridgehead atoms. The second kappa shape index (κ2) is 5.07. The van der Waals surface area contributed by atoms with Crippen molar-refractivity contribution >= 4 is 0 Å². The molecule has 0 aromatic heterocycles. The number of nitriles is 1. The van der Waals surface area contributed by atoms with E-state index in [9.17, 15) is 5.11 Å². The Morgan fingerprint density at radius 3 is 2.76 bits per heavy atom. The van der Waals surface area contributed by atoms with Gasteiger partial charge in [0.05, 0.1) is 12.2 Å². The molecule has 90 valence electrons. The van der Waals surface area contributed by atoms with Gasteiger partial charge in [0.2, 0.25) is 0 Å². The minimum Gasteiger partial charge on any atom is -0.486 e. The van der Waals surface area contributed by atoms with Crippen LogP contribution in [0.4, 0.5) is 0 Å². The van der Waals surface area contributed by atoms with Crippen molar-refractivity contribution in [2.24, 2.45) is 5.92 Å². The van der Waals surface area contributed by atoms with E-state index in [0.717, 1.165) is 5.56 Å². The van der Waals surface area contributed by atoms with Crippen LogP contribution < -0.4 is 9.47 Å². The number of aliphatic hydroxyl groups excluding tert-OH is 1. The Morgan fingerprint density at radius 1 is 1.35 bits per heavy atom. The second-order valence-corrected chi connectivity index (χ2v) is 4.19. The summed E-state index contributed by atoms with van der Waals surface area (Å²) >= 11 is 0.